The molecule has 7 aromatic rings. The molecular formula is C85H96Cl4N14O27. The Kier molecular flexibility index (Phi) is 30.8. The number of morpholine rings is 1. The second-order valence-corrected chi connectivity index (χ2v) is 34.1. The summed E-state index contributed by atoms with van der Waals surface area (Å²) in [6.45, 7) is 7.59. The average Bonchev–Trinajstić information content (AvgIpc) is 0.755. The van der Waals surface area contributed by atoms with Crippen LogP contribution in [-0.2, 0) is 68.7 Å². The summed E-state index contributed by atoms with van der Waals surface area (Å²) in [4.78, 5) is 159. The lowest BCUT2D eigenvalue weighted by Gasteiger charge is -2.48. The Morgan fingerprint density at radius 1 is 0.700 bits per heavy atom. The van der Waals surface area contributed by atoms with E-state index in [-0.39, 0.29) is 88.9 Å². The molecule has 11 bridgehead atoms. The minimum absolute atomic E-state index is 0.0520. The van der Waals surface area contributed by atoms with Crippen LogP contribution < -0.4 is 79.0 Å². The van der Waals surface area contributed by atoms with Gasteiger partial charge >= 0.3 is 5.69 Å². The molecule has 0 spiro atoms. The van der Waals surface area contributed by atoms with Gasteiger partial charge in [0.05, 0.1) is 61.1 Å². The zero-order valence-corrected chi connectivity index (χ0v) is 73.1. The predicted octanol–water partition coefficient (Wildman–Crippen LogP) is 1.85. The Bertz CT molecular complexity index is 5500. The van der Waals surface area contributed by atoms with Crippen molar-refractivity contribution in [3.63, 3.8) is 0 Å². The molecule has 0 saturated carbocycles. The molecule has 18 atom stereocenters. The van der Waals surface area contributed by atoms with Crippen molar-refractivity contribution in [2.24, 2.45) is 11.7 Å². The van der Waals surface area contributed by atoms with Gasteiger partial charge in [0.2, 0.25) is 53.4 Å². The van der Waals surface area contributed by atoms with Crippen LogP contribution in [0.2, 0.25) is 20.1 Å². The summed E-state index contributed by atoms with van der Waals surface area (Å²) < 4.78 is 46.2. The van der Waals surface area contributed by atoms with Gasteiger partial charge in [-0.1, -0.05) is 78.5 Å². The molecule has 8 aliphatic rings. The molecule has 6 aromatic carbocycles. The van der Waals surface area contributed by atoms with Crippen molar-refractivity contribution in [3.8, 4) is 57.1 Å². The lowest BCUT2D eigenvalue weighted by atomic mass is 9.85. The molecule has 9 heterocycles. The molecule has 3 fully saturated rings. The topological polar surface area (TPSA) is 594 Å². The molecule has 696 valence electrons. The van der Waals surface area contributed by atoms with Crippen LogP contribution >= 0.6 is 46.4 Å². The van der Waals surface area contributed by atoms with Crippen LogP contribution in [0.5, 0.6) is 46.0 Å². The monoisotopic (exact) mass is 1880 g/mol. The fourth-order valence-corrected chi connectivity index (χ4v) is 16.8. The van der Waals surface area contributed by atoms with Crippen LogP contribution in [0.3, 0.4) is 0 Å². The second kappa shape index (κ2) is 41.5. The normalized spacial score (nSPS) is 26.3. The molecule has 3 saturated heterocycles. The van der Waals surface area contributed by atoms with Crippen molar-refractivity contribution >= 4 is 105 Å². The van der Waals surface area contributed by atoms with E-state index in [1.807, 2.05) is 18.7 Å². The molecule has 3 unspecified atom stereocenters. The maximum atomic E-state index is 16.4. The number of benzene rings is 6. The first kappa shape index (κ1) is 96.4. The van der Waals surface area contributed by atoms with E-state index in [0.29, 0.717) is 26.3 Å². The number of aliphatic hydroxyl groups excluding tert-OH is 6. The number of hydrogen-bond donors (Lipinski definition) is 20. The SMILES string of the molecule is CN[C@H](CC(C)C)C(=O)N[C@H]1C(=O)NC(CC(N)=O)C(=O)NC2C(=O)N[C@H]3C(=O)N[C@H](C(=O)N[C@@H](C(=O)NOCCN4CCOCC4)c4cc(O)cc(O)c4-c4cc3ccc4O)[C@H](O)c3ccc(c(Cl)c3)Oc3cc2cc(c3O[C@@H]2O[C@H](CO)[C@@H](O)[C@H](O)[C@H]2O[C@H]2C[C@](C)(NCCn3ccc(NC(=O)c4cc(Cl)cc(Cl)c4)nc3=O)[C@H](O)C(C)O2)Oc2ccc(cc2Cl)[C@H]1O. The highest BCUT2D eigenvalue weighted by atomic mass is 35.5. The number of halogens is 4. The summed E-state index contributed by atoms with van der Waals surface area (Å²) in [5.41, 5.74) is 3.31. The number of aromatic hydroxyl groups is 3. The number of rotatable bonds is 23. The smallest absolute Gasteiger partial charge is 0.349 e. The van der Waals surface area contributed by atoms with Gasteiger partial charge in [-0.15, -0.1) is 0 Å². The van der Waals surface area contributed by atoms with Gasteiger partial charge in [0.1, 0.15) is 101 Å². The van der Waals surface area contributed by atoms with Crippen molar-refractivity contribution in [1.82, 2.24) is 62.5 Å². The first-order chi connectivity index (χ1) is 61.8. The molecule has 0 radical (unpaired) electrons. The molecular weight excluding hydrogens is 1790 g/mol. The van der Waals surface area contributed by atoms with Gasteiger partial charge in [-0.3, -0.25) is 57.5 Å². The molecule has 130 heavy (non-hydrogen) atoms. The number of nitrogens with two attached hydrogens (primary N) is 1. The summed E-state index contributed by atoms with van der Waals surface area (Å²) in [5, 5.41) is 131. The third kappa shape index (κ3) is 22.2. The molecule has 15 rings (SSSR count). The highest BCUT2D eigenvalue weighted by Crippen LogP contribution is 2.50. The number of aromatic nitrogens is 2. The van der Waals surface area contributed by atoms with E-state index in [1.165, 1.54) is 61.1 Å². The van der Waals surface area contributed by atoms with Crippen molar-refractivity contribution in [2.45, 2.75) is 163 Å². The van der Waals surface area contributed by atoms with Crippen molar-refractivity contribution in [1.29, 1.82) is 0 Å². The lowest BCUT2D eigenvalue weighted by Crippen LogP contribution is -2.65. The number of nitrogens with zero attached hydrogens (tertiary/aromatic N) is 3. The van der Waals surface area contributed by atoms with Crippen molar-refractivity contribution < 1.29 is 127 Å². The Hall–Kier alpha value is -11.2. The predicted molar refractivity (Wildman–Crippen MR) is 460 cm³/mol. The third-order valence-corrected chi connectivity index (χ3v) is 23.7. The number of nitrogens with one attached hydrogen (secondary N) is 10. The Balaban J connectivity index is 0.941. The van der Waals surface area contributed by atoms with Crippen LogP contribution in [0.25, 0.3) is 11.1 Å². The minimum atomic E-state index is -2.40. The fraction of sp³-hybridized carbons (Fsp3) is 0.424. The van der Waals surface area contributed by atoms with Crippen molar-refractivity contribution in [2.75, 3.05) is 65.0 Å². The van der Waals surface area contributed by atoms with E-state index in [2.05, 4.69) is 58.3 Å². The van der Waals surface area contributed by atoms with Gasteiger partial charge in [0.25, 0.3) is 11.8 Å². The molecule has 8 aliphatic heterocycles. The van der Waals surface area contributed by atoms with E-state index in [1.54, 1.807) is 6.92 Å². The van der Waals surface area contributed by atoms with Crippen LogP contribution in [0.1, 0.15) is 115 Å². The molecule has 41 nitrogen and oxygen atoms in total. The zero-order valence-electron chi connectivity index (χ0n) is 70.1. The number of ether oxygens (including phenoxy) is 7. The maximum absolute atomic E-state index is 16.4. The highest BCUT2D eigenvalue weighted by molar-refractivity contribution is 6.35. The number of amides is 9. The fourth-order valence-electron chi connectivity index (χ4n) is 15.8. The summed E-state index contributed by atoms with van der Waals surface area (Å²) in [7, 11) is 1.47. The van der Waals surface area contributed by atoms with Gasteiger partial charge in [-0.2, -0.15) is 4.98 Å². The van der Waals surface area contributed by atoms with Crippen molar-refractivity contribution in [3.05, 3.63) is 173 Å². The number of phenolic OH excluding ortho intramolecular Hbond substituents is 3. The Morgan fingerprint density at radius 3 is 1.98 bits per heavy atom. The van der Waals surface area contributed by atoms with Gasteiger partial charge < -0.3 is 133 Å². The number of hydrogen-bond acceptors (Lipinski definition) is 31. The van der Waals surface area contributed by atoms with Crippen LogP contribution in [0.4, 0.5) is 5.82 Å². The summed E-state index contributed by atoms with van der Waals surface area (Å²) in [6, 6.07) is 5.11. The third-order valence-electron chi connectivity index (χ3n) is 22.7. The quantitative estimate of drug-likeness (QED) is 0.0321. The zero-order chi connectivity index (χ0) is 93.6. The molecule has 9 amide bonds. The molecule has 0 aliphatic carbocycles. The first-order valence-corrected chi connectivity index (χ1v) is 42.6. The summed E-state index contributed by atoms with van der Waals surface area (Å²) in [6.07, 6.45) is -18.3. The van der Waals surface area contributed by atoms with E-state index in [4.69, 9.17) is 90.1 Å². The van der Waals surface area contributed by atoms with Gasteiger partial charge in [0.15, 0.2) is 23.9 Å². The molecule has 1 aromatic heterocycles. The number of primary amides is 1. The second-order valence-electron chi connectivity index (χ2n) is 32.4. The van der Waals surface area contributed by atoms with Gasteiger partial charge in [-0.05, 0) is 140 Å². The first-order valence-electron chi connectivity index (χ1n) is 41.1. The number of phenols is 3. The number of hydroxylamine groups is 1. The average molecular weight is 1890 g/mol. The van der Waals surface area contributed by atoms with Crippen LogP contribution in [0.15, 0.2) is 114 Å². The standard InChI is InChI=1S/C85H96Cl4N14O27/c1-36(2)22-50(91-5)76(115)99-66-68(109)39-7-10-54(48(88)26-39)126-56-28-41-29-57(72(56)130-83-73(71(112)70(111)58(35-104)128-83)129-61-34-85(4,74(113)37(3)125-61)92-13-15-103-14-12-60(95-84(103)122)94-75(114)42-23-43(86)30-44(87)24-42)127-55-11-8-40(27-49(55)89)69(110)67-81(120)98-65(82(121)101-124-21-18-102-16-19-123-20-17-102)47-31-45(105)32-53(107)62(47)46-25-38(6-9-52(46)106)63(78(117)100-67)97-79(118)64(41)96-77(116)51(33-59(90)108)93-80(66)119/h6-12,14,23-32,36-37,50-51,58,61,63-71,73-74,83,91-92,104-107,109-113H,13,15-22,33-35H2,1-5H3,(H2,90,108)(H,93,119)(H,96,116)(H,97,118)(H,98,120)(H,99,115)(H,100,117)(H,101,121)(H,94,95,114,122)/t37?,50-,51?,58-,61+,63-,64?,65-,66-,67+,68-,69-,70-,71+,73-,74-,83+,85+/m1/s1. The van der Waals surface area contributed by atoms with Gasteiger partial charge in [-0.25, -0.2) is 10.3 Å². The van der Waals surface area contributed by atoms with E-state index in [9.17, 15) is 69.9 Å². The number of anilines is 1. The summed E-state index contributed by atoms with van der Waals surface area (Å²) >= 11 is 26.6. The number of likely N-dealkylation sites (N-methyl/N-ethyl adjacent to an activating group) is 1. The number of aliphatic hydroxyl groups is 6. The molecule has 21 N–H and O–H groups in total. The molecule has 45 heteroatoms. The van der Waals surface area contributed by atoms with E-state index < -0.39 is 254 Å². The Labute approximate surface area is 760 Å². The number of carbonyl (C=O) groups is 9. The largest absolute Gasteiger partial charge is 0.508 e. The summed E-state index contributed by atoms with van der Waals surface area (Å²) in [5.74, 6) is -16.3. The Morgan fingerprint density at radius 2 is 1.35 bits per heavy atom. The number of carbonyl (C=O) groups excluding carboxylic acids is 9. The van der Waals surface area contributed by atoms with Crippen LogP contribution in [0, 0.1) is 5.92 Å². The van der Waals surface area contributed by atoms with E-state index >= 15 is 24.0 Å². The number of fused-ring (bicyclic) bond motifs is 15. The van der Waals surface area contributed by atoms with E-state index in [0.717, 1.165) is 66.7 Å². The van der Waals surface area contributed by atoms with Crippen LogP contribution in [-0.4, -0.2) is 252 Å². The minimum Gasteiger partial charge on any atom is -0.508 e. The van der Waals surface area contributed by atoms with Gasteiger partial charge in [0, 0.05) is 83.7 Å². The lowest BCUT2D eigenvalue weighted by molar-refractivity contribution is -0.334. The highest BCUT2D eigenvalue weighted by Gasteiger charge is 2.52. The maximum Gasteiger partial charge on any atom is 0.349 e.